The van der Waals surface area contributed by atoms with Crippen LogP contribution in [0.15, 0.2) is 18.2 Å². The number of nitrogens with zero attached hydrogens (tertiary/aromatic N) is 1. The molecule has 0 radical (unpaired) electrons. The quantitative estimate of drug-likeness (QED) is 0.509. The largest absolute Gasteiger partial charge is 0.349 e. The van der Waals surface area contributed by atoms with E-state index < -0.39 is 34.8 Å². The van der Waals surface area contributed by atoms with Crippen LogP contribution in [0.1, 0.15) is 11.1 Å². The third kappa shape index (κ3) is 2.52. The SMILES string of the molecule is Cc1ccc(C#N)c(Nc2c(F)c(F)c(F)c(F)c2F)c1. The lowest BCUT2D eigenvalue weighted by Crippen LogP contribution is -2.07. The molecule has 21 heavy (non-hydrogen) atoms. The van der Waals surface area contributed by atoms with Crippen LogP contribution in [0, 0.1) is 47.3 Å². The van der Waals surface area contributed by atoms with Gasteiger partial charge < -0.3 is 5.32 Å². The number of aryl methyl sites for hydroxylation is 1. The average molecular weight is 298 g/mol. The van der Waals surface area contributed by atoms with Crippen LogP contribution >= 0.6 is 0 Å². The number of hydrogen-bond donors (Lipinski definition) is 1. The van der Waals surface area contributed by atoms with Crippen molar-refractivity contribution in [3.8, 4) is 6.07 Å². The minimum absolute atomic E-state index is 0.00420. The van der Waals surface area contributed by atoms with E-state index in [0.29, 0.717) is 5.56 Å². The highest BCUT2D eigenvalue weighted by molar-refractivity contribution is 5.68. The molecule has 0 spiro atoms. The van der Waals surface area contributed by atoms with E-state index in [-0.39, 0.29) is 11.3 Å². The fourth-order valence-corrected chi connectivity index (χ4v) is 1.71. The summed E-state index contributed by atoms with van der Waals surface area (Å²) in [5.41, 5.74) is -0.612. The van der Waals surface area contributed by atoms with Crippen molar-refractivity contribution < 1.29 is 22.0 Å². The van der Waals surface area contributed by atoms with Crippen LogP contribution in [-0.4, -0.2) is 0 Å². The van der Waals surface area contributed by atoms with Crippen LogP contribution < -0.4 is 5.32 Å². The maximum Gasteiger partial charge on any atom is 0.200 e. The second-order valence-electron chi connectivity index (χ2n) is 4.23. The molecule has 0 saturated carbocycles. The predicted octanol–water partition coefficient (Wildman–Crippen LogP) is 4.31. The van der Waals surface area contributed by atoms with Gasteiger partial charge >= 0.3 is 0 Å². The van der Waals surface area contributed by atoms with Crippen molar-refractivity contribution in [3.63, 3.8) is 0 Å². The molecule has 0 amide bonds. The summed E-state index contributed by atoms with van der Waals surface area (Å²) in [6.07, 6.45) is 0. The smallest absolute Gasteiger partial charge is 0.200 e. The van der Waals surface area contributed by atoms with Crippen molar-refractivity contribution in [3.05, 3.63) is 58.4 Å². The van der Waals surface area contributed by atoms with Gasteiger partial charge in [0.05, 0.1) is 11.3 Å². The standard InChI is InChI=1S/C14H7F5N2/c1-6-2-3-7(5-20)8(4-6)21-14-12(18)10(16)9(15)11(17)13(14)19/h2-4,21H,1H3. The summed E-state index contributed by atoms with van der Waals surface area (Å²) >= 11 is 0. The van der Waals surface area contributed by atoms with Gasteiger partial charge in [-0.15, -0.1) is 0 Å². The molecule has 0 heterocycles. The van der Waals surface area contributed by atoms with Crippen molar-refractivity contribution in [1.29, 1.82) is 5.26 Å². The molecule has 2 aromatic carbocycles. The van der Waals surface area contributed by atoms with Gasteiger partial charge in [-0.2, -0.15) is 5.26 Å². The van der Waals surface area contributed by atoms with Crippen molar-refractivity contribution in [2.45, 2.75) is 6.92 Å². The van der Waals surface area contributed by atoms with Gasteiger partial charge in [-0.05, 0) is 24.6 Å². The van der Waals surface area contributed by atoms with E-state index in [1.807, 2.05) is 0 Å². The molecule has 1 N–H and O–H groups in total. The average Bonchev–Trinajstić information content (AvgIpc) is 2.48. The Morgan fingerprint density at radius 3 is 1.95 bits per heavy atom. The maximum atomic E-state index is 13.6. The molecule has 0 atom stereocenters. The maximum absolute atomic E-state index is 13.6. The molecule has 2 aromatic rings. The van der Waals surface area contributed by atoms with Gasteiger partial charge in [0.2, 0.25) is 5.82 Å². The molecule has 0 unspecified atom stereocenters. The highest BCUT2D eigenvalue weighted by atomic mass is 19.2. The molecule has 0 saturated heterocycles. The Hall–Kier alpha value is -2.62. The number of halogens is 5. The Morgan fingerprint density at radius 2 is 1.43 bits per heavy atom. The Bertz CT molecular complexity index is 736. The molecule has 0 aromatic heterocycles. The normalized spacial score (nSPS) is 10.3. The number of nitrogens with one attached hydrogen (secondary N) is 1. The van der Waals surface area contributed by atoms with Gasteiger partial charge in [0.15, 0.2) is 23.3 Å². The van der Waals surface area contributed by atoms with Gasteiger partial charge in [0.1, 0.15) is 11.8 Å². The molecular formula is C14H7F5N2. The van der Waals surface area contributed by atoms with Crippen LogP contribution in [0.4, 0.5) is 33.3 Å². The Morgan fingerprint density at radius 1 is 0.905 bits per heavy atom. The lowest BCUT2D eigenvalue weighted by atomic mass is 10.1. The van der Waals surface area contributed by atoms with E-state index in [0.717, 1.165) is 0 Å². The summed E-state index contributed by atoms with van der Waals surface area (Å²) in [6.45, 7) is 1.64. The van der Waals surface area contributed by atoms with E-state index in [1.54, 1.807) is 19.1 Å². The molecule has 0 aliphatic heterocycles. The fraction of sp³-hybridized carbons (Fsp3) is 0.0714. The Kier molecular flexibility index (Phi) is 3.80. The van der Waals surface area contributed by atoms with Crippen LogP contribution in [0.3, 0.4) is 0 Å². The van der Waals surface area contributed by atoms with Crippen molar-refractivity contribution in [2.24, 2.45) is 0 Å². The first-order chi connectivity index (χ1) is 9.86. The molecule has 2 rings (SSSR count). The molecule has 0 aliphatic rings. The summed E-state index contributed by atoms with van der Waals surface area (Å²) in [4.78, 5) is 0. The summed E-state index contributed by atoms with van der Waals surface area (Å²) in [5, 5.41) is 11.0. The second kappa shape index (κ2) is 5.40. The monoisotopic (exact) mass is 298 g/mol. The van der Waals surface area contributed by atoms with E-state index >= 15 is 0 Å². The van der Waals surface area contributed by atoms with E-state index in [2.05, 4.69) is 5.32 Å². The molecule has 2 nitrogen and oxygen atoms in total. The number of rotatable bonds is 2. The highest BCUT2D eigenvalue weighted by Crippen LogP contribution is 2.31. The Labute approximate surface area is 116 Å². The topological polar surface area (TPSA) is 35.8 Å². The van der Waals surface area contributed by atoms with Gasteiger partial charge in [0.25, 0.3) is 0 Å². The number of anilines is 2. The van der Waals surface area contributed by atoms with Crippen LogP contribution in [0.5, 0.6) is 0 Å². The number of benzene rings is 2. The second-order valence-corrected chi connectivity index (χ2v) is 4.23. The van der Waals surface area contributed by atoms with Crippen molar-refractivity contribution in [1.82, 2.24) is 0 Å². The number of hydrogen-bond acceptors (Lipinski definition) is 2. The Balaban J connectivity index is 2.61. The lowest BCUT2D eigenvalue weighted by Gasteiger charge is -2.12. The summed E-state index contributed by atoms with van der Waals surface area (Å²) in [5.74, 6) is -10.3. The minimum atomic E-state index is -2.24. The first-order valence-corrected chi connectivity index (χ1v) is 5.66. The molecule has 0 fully saturated rings. The molecular weight excluding hydrogens is 291 g/mol. The third-order valence-corrected chi connectivity index (χ3v) is 2.76. The van der Waals surface area contributed by atoms with E-state index in [9.17, 15) is 22.0 Å². The zero-order valence-electron chi connectivity index (χ0n) is 10.6. The minimum Gasteiger partial charge on any atom is -0.349 e. The third-order valence-electron chi connectivity index (χ3n) is 2.76. The van der Waals surface area contributed by atoms with Crippen molar-refractivity contribution in [2.75, 3.05) is 5.32 Å². The van der Waals surface area contributed by atoms with Gasteiger partial charge in [-0.3, -0.25) is 0 Å². The van der Waals surface area contributed by atoms with E-state index in [1.165, 1.54) is 12.1 Å². The summed E-state index contributed by atoms with van der Waals surface area (Å²) in [7, 11) is 0. The zero-order chi connectivity index (χ0) is 15.7. The first kappa shape index (κ1) is 14.8. The van der Waals surface area contributed by atoms with Crippen LogP contribution in [0.25, 0.3) is 0 Å². The van der Waals surface area contributed by atoms with Gasteiger partial charge in [0, 0.05) is 0 Å². The molecule has 0 bridgehead atoms. The van der Waals surface area contributed by atoms with Gasteiger partial charge in [-0.1, -0.05) is 6.07 Å². The zero-order valence-corrected chi connectivity index (χ0v) is 10.6. The first-order valence-electron chi connectivity index (χ1n) is 5.66. The van der Waals surface area contributed by atoms with Crippen molar-refractivity contribution >= 4 is 11.4 Å². The molecule has 108 valence electrons. The summed E-state index contributed by atoms with van der Waals surface area (Å²) < 4.78 is 66.3. The number of nitriles is 1. The van der Waals surface area contributed by atoms with Crippen LogP contribution in [-0.2, 0) is 0 Å². The fourth-order valence-electron chi connectivity index (χ4n) is 1.71. The van der Waals surface area contributed by atoms with Crippen LogP contribution in [0.2, 0.25) is 0 Å². The van der Waals surface area contributed by atoms with E-state index in [4.69, 9.17) is 5.26 Å². The predicted molar refractivity (Wildman–Crippen MR) is 65.4 cm³/mol. The summed E-state index contributed by atoms with van der Waals surface area (Å²) in [6, 6.07) is 6.05. The molecule has 7 heteroatoms. The lowest BCUT2D eigenvalue weighted by molar-refractivity contribution is 0.382. The highest BCUT2D eigenvalue weighted by Gasteiger charge is 2.26. The molecule has 0 aliphatic carbocycles. The van der Waals surface area contributed by atoms with Gasteiger partial charge in [-0.25, -0.2) is 22.0 Å².